The van der Waals surface area contributed by atoms with Gasteiger partial charge in [0, 0.05) is 17.1 Å². The number of nitriles is 1. The number of aromatic nitrogens is 2. The quantitative estimate of drug-likeness (QED) is 0.782. The Balaban J connectivity index is 1.73. The molecule has 108 valence electrons. The third kappa shape index (κ3) is 3.13. The standard InChI is InChI=1S/C17H14N4S/c1-12(14-9-7-13(11-18)8-10-14)19-17-20-16(21-22-17)15-5-3-2-4-6-15/h2-10,12H,1H3,(H,19,20,21). The Morgan fingerprint density at radius 1 is 1.09 bits per heavy atom. The number of nitrogens with one attached hydrogen (secondary N) is 1. The van der Waals surface area contributed by atoms with E-state index in [2.05, 4.69) is 27.7 Å². The van der Waals surface area contributed by atoms with Gasteiger partial charge in [0.1, 0.15) is 0 Å². The zero-order valence-corrected chi connectivity index (χ0v) is 12.8. The van der Waals surface area contributed by atoms with Crippen molar-refractivity contribution >= 4 is 16.7 Å². The van der Waals surface area contributed by atoms with Gasteiger partial charge in [0.05, 0.1) is 17.7 Å². The zero-order valence-electron chi connectivity index (χ0n) is 12.0. The molecule has 3 rings (SSSR count). The summed E-state index contributed by atoms with van der Waals surface area (Å²) < 4.78 is 4.39. The van der Waals surface area contributed by atoms with E-state index in [9.17, 15) is 0 Å². The summed E-state index contributed by atoms with van der Waals surface area (Å²) in [6.07, 6.45) is 0. The predicted molar refractivity (Wildman–Crippen MR) is 88.5 cm³/mol. The molecule has 5 heteroatoms. The second-order valence-electron chi connectivity index (χ2n) is 4.89. The molecule has 0 aliphatic heterocycles. The molecule has 1 aromatic heterocycles. The molecule has 0 spiro atoms. The van der Waals surface area contributed by atoms with Gasteiger partial charge in [0.25, 0.3) is 0 Å². The van der Waals surface area contributed by atoms with Crippen LogP contribution in [0.5, 0.6) is 0 Å². The van der Waals surface area contributed by atoms with Crippen molar-refractivity contribution in [2.45, 2.75) is 13.0 Å². The molecule has 1 atom stereocenters. The Kier molecular flexibility index (Phi) is 4.12. The van der Waals surface area contributed by atoms with E-state index in [1.165, 1.54) is 11.5 Å². The van der Waals surface area contributed by atoms with Gasteiger partial charge >= 0.3 is 0 Å². The summed E-state index contributed by atoms with van der Waals surface area (Å²) in [4.78, 5) is 4.52. The van der Waals surface area contributed by atoms with Crippen LogP contribution >= 0.6 is 11.5 Å². The maximum Gasteiger partial charge on any atom is 0.203 e. The molecule has 1 unspecified atom stereocenters. The summed E-state index contributed by atoms with van der Waals surface area (Å²) in [5, 5.41) is 13.0. The topological polar surface area (TPSA) is 61.6 Å². The number of hydrogen-bond acceptors (Lipinski definition) is 5. The summed E-state index contributed by atoms with van der Waals surface area (Å²) in [5.74, 6) is 0.736. The average Bonchev–Trinajstić information content (AvgIpc) is 3.04. The minimum absolute atomic E-state index is 0.101. The van der Waals surface area contributed by atoms with E-state index in [1.54, 1.807) is 0 Å². The van der Waals surface area contributed by atoms with E-state index in [-0.39, 0.29) is 6.04 Å². The van der Waals surface area contributed by atoms with Crippen molar-refractivity contribution in [1.82, 2.24) is 9.36 Å². The molecular weight excluding hydrogens is 292 g/mol. The fourth-order valence-electron chi connectivity index (χ4n) is 2.10. The first-order valence-electron chi connectivity index (χ1n) is 6.92. The van der Waals surface area contributed by atoms with Gasteiger partial charge in [-0.3, -0.25) is 0 Å². The van der Waals surface area contributed by atoms with E-state index in [0.717, 1.165) is 22.1 Å². The van der Waals surface area contributed by atoms with Gasteiger partial charge in [0.15, 0.2) is 5.82 Å². The van der Waals surface area contributed by atoms with Gasteiger partial charge in [-0.1, -0.05) is 42.5 Å². The molecule has 0 aliphatic carbocycles. The Hall–Kier alpha value is -2.71. The molecule has 0 bridgehead atoms. The van der Waals surface area contributed by atoms with Crippen LogP contribution in [0.3, 0.4) is 0 Å². The molecule has 3 aromatic rings. The number of anilines is 1. The summed E-state index contributed by atoms with van der Waals surface area (Å²) in [6, 6.07) is 19.7. The molecule has 0 saturated carbocycles. The molecule has 1 N–H and O–H groups in total. The Morgan fingerprint density at radius 2 is 1.82 bits per heavy atom. The third-order valence-corrected chi connectivity index (χ3v) is 3.98. The molecule has 1 heterocycles. The van der Waals surface area contributed by atoms with Crippen molar-refractivity contribution in [1.29, 1.82) is 5.26 Å². The average molecular weight is 306 g/mol. The molecule has 2 aromatic carbocycles. The lowest BCUT2D eigenvalue weighted by Crippen LogP contribution is -2.06. The third-order valence-electron chi connectivity index (χ3n) is 3.34. The van der Waals surface area contributed by atoms with Gasteiger partial charge in [-0.2, -0.15) is 14.6 Å². The van der Waals surface area contributed by atoms with Crippen molar-refractivity contribution in [3.05, 3.63) is 65.7 Å². The van der Waals surface area contributed by atoms with Gasteiger partial charge in [-0.05, 0) is 24.6 Å². The van der Waals surface area contributed by atoms with Crippen molar-refractivity contribution in [2.24, 2.45) is 0 Å². The molecule has 0 radical (unpaired) electrons. The number of rotatable bonds is 4. The number of nitrogens with zero attached hydrogens (tertiary/aromatic N) is 3. The molecule has 0 fully saturated rings. The highest BCUT2D eigenvalue weighted by Crippen LogP contribution is 2.24. The maximum atomic E-state index is 8.83. The largest absolute Gasteiger partial charge is 0.354 e. The first-order chi connectivity index (χ1) is 10.8. The van der Waals surface area contributed by atoms with Crippen LogP contribution in [-0.2, 0) is 0 Å². The lowest BCUT2D eigenvalue weighted by Gasteiger charge is -2.12. The molecule has 0 saturated heterocycles. The highest BCUT2D eigenvalue weighted by molar-refractivity contribution is 7.09. The van der Waals surface area contributed by atoms with E-state index in [0.29, 0.717) is 5.56 Å². The second-order valence-corrected chi connectivity index (χ2v) is 5.64. The van der Waals surface area contributed by atoms with Crippen LogP contribution in [0.15, 0.2) is 54.6 Å². The molecular formula is C17H14N4S. The summed E-state index contributed by atoms with van der Waals surface area (Å²) >= 11 is 1.35. The van der Waals surface area contributed by atoms with Crippen LogP contribution in [0.1, 0.15) is 24.1 Å². The van der Waals surface area contributed by atoms with Gasteiger partial charge in [-0.15, -0.1) is 0 Å². The van der Waals surface area contributed by atoms with Gasteiger partial charge in [0.2, 0.25) is 5.13 Å². The van der Waals surface area contributed by atoms with Crippen LogP contribution in [0, 0.1) is 11.3 Å². The first-order valence-corrected chi connectivity index (χ1v) is 7.69. The van der Waals surface area contributed by atoms with Crippen LogP contribution < -0.4 is 5.32 Å². The fourth-order valence-corrected chi connectivity index (χ4v) is 2.78. The highest BCUT2D eigenvalue weighted by atomic mass is 32.1. The summed E-state index contributed by atoms with van der Waals surface area (Å²) in [6.45, 7) is 2.06. The maximum absolute atomic E-state index is 8.83. The van der Waals surface area contributed by atoms with E-state index in [1.807, 2.05) is 54.6 Å². The van der Waals surface area contributed by atoms with Crippen molar-refractivity contribution in [2.75, 3.05) is 5.32 Å². The molecule has 22 heavy (non-hydrogen) atoms. The Morgan fingerprint density at radius 3 is 2.50 bits per heavy atom. The second kappa shape index (κ2) is 6.37. The van der Waals surface area contributed by atoms with Crippen molar-refractivity contribution < 1.29 is 0 Å². The van der Waals surface area contributed by atoms with Crippen LogP contribution in [0.25, 0.3) is 11.4 Å². The van der Waals surface area contributed by atoms with Gasteiger partial charge < -0.3 is 5.32 Å². The van der Waals surface area contributed by atoms with Crippen LogP contribution in [0.4, 0.5) is 5.13 Å². The van der Waals surface area contributed by atoms with E-state index < -0.39 is 0 Å². The highest BCUT2D eigenvalue weighted by Gasteiger charge is 2.10. The fraction of sp³-hybridized carbons (Fsp3) is 0.118. The minimum Gasteiger partial charge on any atom is -0.354 e. The smallest absolute Gasteiger partial charge is 0.203 e. The zero-order chi connectivity index (χ0) is 15.4. The molecule has 0 aliphatic rings. The normalized spacial score (nSPS) is 11.6. The monoisotopic (exact) mass is 306 g/mol. The van der Waals surface area contributed by atoms with Crippen LogP contribution in [-0.4, -0.2) is 9.36 Å². The Bertz CT molecular complexity index is 788. The SMILES string of the molecule is CC(Nc1nc(-c2ccccc2)ns1)c1ccc(C#N)cc1. The lowest BCUT2D eigenvalue weighted by atomic mass is 10.1. The number of benzene rings is 2. The van der Waals surface area contributed by atoms with E-state index in [4.69, 9.17) is 5.26 Å². The molecule has 0 amide bonds. The number of hydrogen-bond donors (Lipinski definition) is 1. The first kappa shape index (κ1) is 14.2. The molecule has 4 nitrogen and oxygen atoms in total. The Labute approximate surface area is 133 Å². The summed E-state index contributed by atoms with van der Waals surface area (Å²) in [5.41, 5.74) is 2.78. The van der Waals surface area contributed by atoms with E-state index >= 15 is 0 Å². The lowest BCUT2D eigenvalue weighted by molar-refractivity contribution is 0.881. The predicted octanol–water partition coefficient (Wildman–Crippen LogP) is 4.25. The van der Waals surface area contributed by atoms with Crippen LogP contribution in [0.2, 0.25) is 0 Å². The van der Waals surface area contributed by atoms with Gasteiger partial charge in [-0.25, -0.2) is 0 Å². The minimum atomic E-state index is 0.101. The van der Waals surface area contributed by atoms with Crippen molar-refractivity contribution in [3.63, 3.8) is 0 Å². The summed E-state index contributed by atoms with van der Waals surface area (Å²) in [7, 11) is 0. The van der Waals surface area contributed by atoms with Crippen molar-refractivity contribution in [3.8, 4) is 17.5 Å².